The summed E-state index contributed by atoms with van der Waals surface area (Å²) in [5.41, 5.74) is 4.11. The maximum Gasteiger partial charge on any atom is 0.233 e. The number of aryl methyl sites for hydroxylation is 2. The highest BCUT2D eigenvalue weighted by molar-refractivity contribution is 7.99. The molecule has 0 saturated heterocycles. The lowest BCUT2D eigenvalue weighted by molar-refractivity contribution is -0.127. The molecule has 0 aliphatic rings. The van der Waals surface area contributed by atoms with Gasteiger partial charge in [-0.2, -0.15) is 4.68 Å². The highest BCUT2D eigenvalue weighted by Gasteiger charge is 2.17. The molecule has 7 heteroatoms. The minimum atomic E-state index is 0.0570. The lowest BCUT2D eigenvalue weighted by Gasteiger charge is -2.20. The van der Waals surface area contributed by atoms with E-state index in [0.717, 1.165) is 22.4 Å². The molecule has 2 rings (SSSR count). The van der Waals surface area contributed by atoms with Crippen LogP contribution in [-0.2, 0) is 4.79 Å². The Labute approximate surface area is 146 Å². The standard InChI is InChI=1S/C17H23N5OS/c1-6-21(10-12(2)3)15(23)11-24-17-18-19-20-22(17)16-13(4)8-7-9-14(16)5/h7-9H,2,6,10-11H2,1,3-5H3. The molecule has 0 fully saturated rings. The second-order valence-electron chi connectivity index (χ2n) is 5.77. The van der Waals surface area contributed by atoms with Crippen molar-refractivity contribution >= 4 is 17.7 Å². The number of aromatic nitrogens is 4. The molecular formula is C17H23N5OS. The molecule has 1 aromatic heterocycles. The summed E-state index contributed by atoms with van der Waals surface area (Å²) < 4.78 is 1.71. The van der Waals surface area contributed by atoms with Crippen LogP contribution in [0.4, 0.5) is 0 Å². The molecule has 0 saturated carbocycles. The number of rotatable bonds is 7. The third-order valence-corrected chi connectivity index (χ3v) is 4.52. The number of nitrogens with zero attached hydrogens (tertiary/aromatic N) is 5. The largest absolute Gasteiger partial charge is 0.338 e. The van der Waals surface area contributed by atoms with E-state index in [1.165, 1.54) is 11.8 Å². The first-order valence-electron chi connectivity index (χ1n) is 7.84. The predicted molar refractivity (Wildman–Crippen MR) is 96.4 cm³/mol. The zero-order valence-electron chi connectivity index (χ0n) is 14.6. The predicted octanol–water partition coefficient (Wildman–Crippen LogP) is 2.80. The summed E-state index contributed by atoms with van der Waals surface area (Å²) in [6.45, 7) is 13.0. The summed E-state index contributed by atoms with van der Waals surface area (Å²) in [4.78, 5) is 14.2. The zero-order chi connectivity index (χ0) is 17.7. The first kappa shape index (κ1) is 18.2. The van der Waals surface area contributed by atoms with Crippen LogP contribution in [0, 0.1) is 13.8 Å². The summed E-state index contributed by atoms with van der Waals surface area (Å²) in [6.07, 6.45) is 0. The van der Waals surface area contributed by atoms with Crippen molar-refractivity contribution < 1.29 is 4.79 Å². The number of hydrogen-bond donors (Lipinski definition) is 0. The smallest absolute Gasteiger partial charge is 0.233 e. The van der Waals surface area contributed by atoms with Crippen LogP contribution in [0.3, 0.4) is 0 Å². The molecule has 0 aliphatic carbocycles. The van der Waals surface area contributed by atoms with Gasteiger partial charge in [0.25, 0.3) is 0 Å². The molecule has 24 heavy (non-hydrogen) atoms. The van der Waals surface area contributed by atoms with Crippen molar-refractivity contribution in [2.45, 2.75) is 32.9 Å². The second-order valence-corrected chi connectivity index (χ2v) is 6.71. The lowest BCUT2D eigenvalue weighted by atomic mass is 10.1. The minimum absolute atomic E-state index is 0.0570. The van der Waals surface area contributed by atoms with E-state index < -0.39 is 0 Å². The molecule has 0 atom stereocenters. The van der Waals surface area contributed by atoms with Gasteiger partial charge in [0.15, 0.2) is 0 Å². The summed E-state index contributed by atoms with van der Waals surface area (Å²) in [5, 5.41) is 12.6. The summed E-state index contributed by atoms with van der Waals surface area (Å²) in [5.74, 6) is 0.355. The van der Waals surface area contributed by atoms with Crippen molar-refractivity contribution in [1.82, 2.24) is 25.1 Å². The fourth-order valence-electron chi connectivity index (χ4n) is 2.47. The number of likely N-dealkylation sites (N-methyl/N-ethyl adjacent to an activating group) is 1. The molecule has 0 spiro atoms. The molecule has 128 valence electrons. The highest BCUT2D eigenvalue weighted by Crippen LogP contribution is 2.23. The van der Waals surface area contributed by atoms with Crippen LogP contribution in [0.15, 0.2) is 35.5 Å². The van der Waals surface area contributed by atoms with Crippen molar-refractivity contribution in [3.05, 3.63) is 41.5 Å². The molecule has 1 heterocycles. The van der Waals surface area contributed by atoms with Crippen molar-refractivity contribution in [3.63, 3.8) is 0 Å². The minimum Gasteiger partial charge on any atom is -0.338 e. The molecular weight excluding hydrogens is 322 g/mol. The molecule has 0 N–H and O–H groups in total. The Bertz CT molecular complexity index is 720. The van der Waals surface area contributed by atoms with Gasteiger partial charge in [-0.3, -0.25) is 4.79 Å². The van der Waals surface area contributed by atoms with Crippen molar-refractivity contribution in [2.75, 3.05) is 18.8 Å². The van der Waals surface area contributed by atoms with Gasteiger partial charge < -0.3 is 4.90 Å². The molecule has 0 radical (unpaired) electrons. The van der Waals surface area contributed by atoms with Crippen molar-refractivity contribution in [3.8, 4) is 5.69 Å². The number of amides is 1. The van der Waals surface area contributed by atoms with Crippen LogP contribution in [0.1, 0.15) is 25.0 Å². The topological polar surface area (TPSA) is 63.9 Å². The first-order valence-corrected chi connectivity index (χ1v) is 8.82. The van der Waals surface area contributed by atoms with E-state index in [2.05, 4.69) is 22.1 Å². The van der Waals surface area contributed by atoms with Crippen LogP contribution >= 0.6 is 11.8 Å². The number of carbonyl (C=O) groups is 1. The number of hydrogen-bond acceptors (Lipinski definition) is 5. The average molecular weight is 345 g/mol. The van der Waals surface area contributed by atoms with E-state index in [9.17, 15) is 4.79 Å². The van der Waals surface area contributed by atoms with Crippen molar-refractivity contribution in [1.29, 1.82) is 0 Å². The van der Waals surface area contributed by atoms with Gasteiger partial charge >= 0.3 is 0 Å². The van der Waals surface area contributed by atoms with Gasteiger partial charge in [0.2, 0.25) is 11.1 Å². The van der Waals surface area contributed by atoms with E-state index in [1.54, 1.807) is 9.58 Å². The highest BCUT2D eigenvalue weighted by atomic mass is 32.2. The number of carbonyl (C=O) groups excluding carboxylic acids is 1. The number of tetrazole rings is 1. The fourth-order valence-corrected chi connectivity index (χ4v) is 3.25. The quantitative estimate of drug-likeness (QED) is 0.570. The summed E-state index contributed by atoms with van der Waals surface area (Å²) in [7, 11) is 0. The van der Waals surface area contributed by atoms with Crippen molar-refractivity contribution in [2.24, 2.45) is 0 Å². The van der Waals surface area contributed by atoms with Gasteiger partial charge in [-0.15, -0.1) is 5.10 Å². The molecule has 1 amide bonds. The van der Waals surface area contributed by atoms with Crippen LogP contribution in [0.2, 0.25) is 0 Å². The Kier molecular flexibility index (Phi) is 6.14. The number of para-hydroxylation sites is 1. The Balaban J connectivity index is 2.14. The summed E-state index contributed by atoms with van der Waals surface area (Å²) >= 11 is 1.35. The molecule has 2 aromatic rings. The fraction of sp³-hybridized carbons (Fsp3) is 0.412. The summed E-state index contributed by atoms with van der Waals surface area (Å²) in [6, 6.07) is 6.05. The normalized spacial score (nSPS) is 10.7. The van der Waals surface area contributed by atoms with Gasteiger partial charge in [-0.25, -0.2) is 0 Å². The van der Waals surface area contributed by atoms with Crippen LogP contribution < -0.4 is 0 Å². The Hall–Kier alpha value is -2.15. The van der Waals surface area contributed by atoms with Gasteiger partial charge in [0, 0.05) is 13.1 Å². The van der Waals surface area contributed by atoms with E-state index in [4.69, 9.17) is 0 Å². The Morgan fingerprint density at radius 1 is 1.33 bits per heavy atom. The third-order valence-electron chi connectivity index (χ3n) is 3.61. The monoisotopic (exact) mass is 345 g/mol. The number of benzene rings is 1. The average Bonchev–Trinajstić information content (AvgIpc) is 2.98. The van der Waals surface area contributed by atoms with E-state index in [-0.39, 0.29) is 5.91 Å². The van der Waals surface area contributed by atoms with E-state index >= 15 is 0 Å². The van der Waals surface area contributed by atoms with Crippen LogP contribution in [-0.4, -0.2) is 49.9 Å². The third kappa shape index (κ3) is 4.23. The Morgan fingerprint density at radius 2 is 2.00 bits per heavy atom. The molecule has 0 aliphatic heterocycles. The van der Waals surface area contributed by atoms with Gasteiger partial charge in [-0.1, -0.05) is 42.1 Å². The van der Waals surface area contributed by atoms with Gasteiger partial charge in [0.1, 0.15) is 0 Å². The molecule has 0 unspecified atom stereocenters. The van der Waals surface area contributed by atoms with E-state index in [0.29, 0.717) is 24.0 Å². The maximum absolute atomic E-state index is 12.4. The van der Waals surface area contributed by atoms with E-state index in [1.807, 2.05) is 45.9 Å². The van der Waals surface area contributed by atoms with Gasteiger partial charge in [-0.05, 0) is 49.2 Å². The van der Waals surface area contributed by atoms with Crippen LogP contribution in [0.5, 0.6) is 0 Å². The molecule has 0 bridgehead atoms. The Morgan fingerprint density at radius 3 is 2.58 bits per heavy atom. The molecule has 1 aromatic carbocycles. The van der Waals surface area contributed by atoms with Crippen LogP contribution in [0.25, 0.3) is 5.69 Å². The zero-order valence-corrected chi connectivity index (χ0v) is 15.4. The first-order chi connectivity index (χ1) is 11.4. The molecule has 6 nitrogen and oxygen atoms in total. The maximum atomic E-state index is 12.4. The van der Waals surface area contributed by atoms with Gasteiger partial charge in [0.05, 0.1) is 11.4 Å². The SMILES string of the molecule is C=C(C)CN(CC)C(=O)CSc1nnnn1-c1c(C)cccc1C. The lowest BCUT2D eigenvalue weighted by Crippen LogP contribution is -2.33. The number of thioether (sulfide) groups is 1. The second kappa shape index (κ2) is 8.10.